The van der Waals surface area contributed by atoms with Crippen LogP contribution in [0.3, 0.4) is 0 Å². The zero-order chi connectivity index (χ0) is 25.5. The van der Waals surface area contributed by atoms with Gasteiger partial charge in [-0.2, -0.15) is 0 Å². The maximum Gasteiger partial charge on any atom is 0.322 e. The molecule has 0 aliphatic carbocycles. The van der Waals surface area contributed by atoms with Gasteiger partial charge in [0.2, 0.25) is 5.78 Å². The molecule has 7 nitrogen and oxygen atoms in total. The highest BCUT2D eigenvalue weighted by Crippen LogP contribution is 2.34. The fraction of sp³-hybridized carbons (Fsp3) is 0.345. The lowest BCUT2D eigenvalue weighted by Gasteiger charge is -2.41. The van der Waals surface area contributed by atoms with Crippen molar-refractivity contribution < 1.29 is 4.79 Å². The monoisotopic (exact) mass is 514 g/mol. The standard InChI is InChI=1S/C29H31ClN6O/c1-3-20-7-4-6-19(2)26(20)33-29(37)36-23-12-13-24(36)17-34(16-23)18-25-27(21-8-10-22(30)11-9-21)32-28-31-14-5-15-35(25)28/h4-11,14-15,23-24H,3,12-13,16-18H2,1-2H3,(H,33,37). The SMILES string of the molecule is CCc1cccc(C)c1NC(=O)N1C2CCC1CN(Cc1c(-c3ccc(Cl)cc3)nc3ncccn13)C2. The Hall–Kier alpha value is -3.42. The maximum absolute atomic E-state index is 13.5. The van der Waals surface area contributed by atoms with Crippen LogP contribution < -0.4 is 5.32 Å². The van der Waals surface area contributed by atoms with E-state index in [1.807, 2.05) is 36.5 Å². The Labute approximate surface area is 222 Å². The molecule has 190 valence electrons. The highest BCUT2D eigenvalue weighted by Gasteiger charge is 2.43. The van der Waals surface area contributed by atoms with Crippen LogP contribution in [0.5, 0.6) is 0 Å². The van der Waals surface area contributed by atoms with Gasteiger partial charge in [0.25, 0.3) is 0 Å². The number of fused-ring (bicyclic) bond motifs is 3. The number of carbonyl (C=O) groups is 1. The molecule has 2 bridgehead atoms. The van der Waals surface area contributed by atoms with E-state index in [1.54, 1.807) is 6.20 Å². The number of carbonyl (C=O) groups excluding carboxylic acids is 1. The summed E-state index contributed by atoms with van der Waals surface area (Å²) >= 11 is 6.14. The molecule has 8 heteroatoms. The van der Waals surface area contributed by atoms with E-state index in [4.69, 9.17) is 16.6 Å². The number of anilines is 1. The normalized spacial score (nSPS) is 19.5. The topological polar surface area (TPSA) is 65.8 Å². The van der Waals surface area contributed by atoms with Crippen LogP contribution in [0.2, 0.25) is 5.02 Å². The summed E-state index contributed by atoms with van der Waals surface area (Å²) < 4.78 is 2.08. The zero-order valence-electron chi connectivity index (χ0n) is 21.2. The molecule has 0 radical (unpaired) electrons. The van der Waals surface area contributed by atoms with E-state index in [-0.39, 0.29) is 18.1 Å². The average molecular weight is 515 g/mol. The van der Waals surface area contributed by atoms with Crippen molar-refractivity contribution in [1.29, 1.82) is 0 Å². The summed E-state index contributed by atoms with van der Waals surface area (Å²) in [4.78, 5) is 27.4. The summed E-state index contributed by atoms with van der Waals surface area (Å²) in [6, 6.07) is 16.4. The van der Waals surface area contributed by atoms with Gasteiger partial charge in [0.1, 0.15) is 0 Å². The lowest BCUT2D eigenvalue weighted by atomic mass is 10.1. The van der Waals surface area contributed by atoms with Crippen molar-refractivity contribution in [2.75, 3.05) is 18.4 Å². The first-order valence-corrected chi connectivity index (χ1v) is 13.4. The fourth-order valence-electron chi connectivity index (χ4n) is 5.96. The van der Waals surface area contributed by atoms with Crippen LogP contribution in [0.15, 0.2) is 60.9 Å². The molecule has 2 fully saturated rings. The van der Waals surface area contributed by atoms with Crippen LogP contribution in [-0.4, -0.2) is 55.4 Å². The molecule has 2 amide bonds. The maximum atomic E-state index is 13.5. The molecular formula is C29H31ClN6O. The molecule has 4 heterocycles. The number of amides is 2. The summed E-state index contributed by atoms with van der Waals surface area (Å²) in [7, 11) is 0. The first-order chi connectivity index (χ1) is 18.0. The molecular weight excluding hydrogens is 484 g/mol. The predicted molar refractivity (Wildman–Crippen MR) is 147 cm³/mol. The number of aryl methyl sites for hydroxylation is 2. The summed E-state index contributed by atoms with van der Waals surface area (Å²) in [6.45, 7) is 6.61. The van der Waals surface area contributed by atoms with Crippen LogP contribution in [-0.2, 0) is 13.0 Å². The minimum atomic E-state index is 0.0250. The number of halogens is 1. The Kier molecular flexibility index (Phi) is 6.34. The molecule has 6 rings (SSSR count). The number of rotatable bonds is 5. The second kappa shape index (κ2) is 9.80. The smallest absolute Gasteiger partial charge is 0.316 e. The molecule has 1 N–H and O–H groups in total. The number of para-hydroxylation sites is 1. The zero-order valence-corrected chi connectivity index (χ0v) is 21.9. The molecule has 2 saturated heterocycles. The van der Waals surface area contributed by atoms with E-state index >= 15 is 0 Å². The van der Waals surface area contributed by atoms with Crippen LogP contribution in [0.25, 0.3) is 17.0 Å². The van der Waals surface area contributed by atoms with E-state index in [0.29, 0.717) is 10.8 Å². The van der Waals surface area contributed by atoms with Crippen LogP contribution >= 0.6 is 11.6 Å². The van der Waals surface area contributed by atoms with Crippen LogP contribution in [0, 0.1) is 6.92 Å². The Morgan fingerprint density at radius 2 is 1.84 bits per heavy atom. The molecule has 0 spiro atoms. The second-order valence-electron chi connectivity index (χ2n) is 10.1. The number of likely N-dealkylation sites (tertiary alicyclic amines) is 1. The third-order valence-corrected chi connectivity index (χ3v) is 8.01. The molecule has 2 unspecified atom stereocenters. The lowest BCUT2D eigenvalue weighted by Crippen LogP contribution is -2.56. The van der Waals surface area contributed by atoms with Crippen LogP contribution in [0.1, 0.15) is 36.6 Å². The van der Waals surface area contributed by atoms with Crippen molar-refractivity contribution in [3.05, 3.63) is 82.8 Å². The third-order valence-electron chi connectivity index (χ3n) is 7.76. The van der Waals surface area contributed by atoms with Crippen molar-refractivity contribution in [2.24, 2.45) is 0 Å². The molecule has 4 aromatic rings. The van der Waals surface area contributed by atoms with Crippen molar-refractivity contribution in [3.8, 4) is 11.3 Å². The van der Waals surface area contributed by atoms with Gasteiger partial charge < -0.3 is 10.2 Å². The molecule has 37 heavy (non-hydrogen) atoms. The highest BCUT2D eigenvalue weighted by molar-refractivity contribution is 6.30. The fourth-order valence-corrected chi connectivity index (χ4v) is 6.09. The van der Waals surface area contributed by atoms with Gasteiger partial charge in [-0.3, -0.25) is 9.30 Å². The number of piperazine rings is 1. The first kappa shape index (κ1) is 23.9. The quantitative estimate of drug-likeness (QED) is 0.365. The average Bonchev–Trinajstić information content (AvgIpc) is 3.40. The van der Waals surface area contributed by atoms with Crippen molar-refractivity contribution in [2.45, 2.75) is 51.7 Å². The Balaban J connectivity index is 1.23. The number of benzene rings is 2. The van der Waals surface area contributed by atoms with Crippen molar-refractivity contribution in [1.82, 2.24) is 24.2 Å². The second-order valence-corrected chi connectivity index (χ2v) is 10.5. The minimum Gasteiger partial charge on any atom is -0.316 e. The minimum absolute atomic E-state index is 0.0250. The number of hydrogen-bond acceptors (Lipinski definition) is 4. The van der Waals surface area contributed by atoms with Gasteiger partial charge in [0.15, 0.2) is 0 Å². The van der Waals surface area contributed by atoms with Gasteiger partial charge >= 0.3 is 6.03 Å². The van der Waals surface area contributed by atoms with Gasteiger partial charge in [0, 0.05) is 60.4 Å². The first-order valence-electron chi connectivity index (χ1n) is 13.0. The Bertz CT molecular complexity index is 1430. The van der Waals surface area contributed by atoms with E-state index in [1.165, 1.54) is 5.56 Å². The third kappa shape index (κ3) is 4.47. The summed E-state index contributed by atoms with van der Waals surface area (Å²) in [6.07, 6.45) is 6.75. The molecule has 2 aromatic carbocycles. The van der Waals surface area contributed by atoms with Gasteiger partial charge in [-0.25, -0.2) is 14.8 Å². The molecule has 2 aliphatic rings. The van der Waals surface area contributed by atoms with E-state index in [9.17, 15) is 4.79 Å². The number of nitrogens with one attached hydrogen (secondary N) is 1. The lowest BCUT2D eigenvalue weighted by molar-refractivity contribution is 0.0894. The number of imidazole rings is 1. The van der Waals surface area contributed by atoms with Crippen molar-refractivity contribution in [3.63, 3.8) is 0 Å². The van der Waals surface area contributed by atoms with E-state index < -0.39 is 0 Å². The van der Waals surface area contributed by atoms with E-state index in [2.05, 4.69) is 56.5 Å². The highest BCUT2D eigenvalue weighted by atomic mass is 35.5. The van der Waals surface area contributed by atoms with Gasteiger partial charge in [-0.1, -0.05) is 48.9 Å². The summed E-state index contributed by atoms with van der Waals surface area (Å²) in [5.74, 6) is 0.688. The number of hydrogen-bond donors (Lipinski definition) is 1. The Morgan fingerprint density at radius 3 is 2.57 bits per heavy atom. The molecule has 0 saturated carbocycles. The van der Waals surface area contributed by atoms with Gasteiger partial charge in [-0.15, -0.1) is 0 Å². The van der Waals surface area contributed by atoms with Gasteiger partial charge in [-0.05, 0) is 55.5 Å². The molecule has 2 atom stereocenters. The number of aromatic nitrogens is 3. The molecule has 2 aliphatic heterocycles. The summed E-state index contributed by atoms with van der Waals surface area (Å²) in [5, 5.41) is 3.96. The largest absolute Gasteiger partial charge is 0.322 e. The van der Waals surface area contributed by atoms with Gasteiger partial charge in [0.05, 0.1) is 11.4 Å². The van der Waals surface area contributed by atoms with E-state index in [0.717, 1.165) is 67.1 Å². The summed E-state index contributed by atoms with van der Waals surface area (Å²) in [5.41, 5.74) is 6.30. The predicted octanol–water partition coefficient (Wildman–Crippen LogP) is 5.80. The Morgan fingerprint density at radius 1 is 1.08 bits per heavy atom. The number of nitrogens with zero attached hydrogens (tertiary/aromatic N) is 5. The van der Waals surface area contributed by atoms with Crippen LogP contribution in [0.4, 0.5) is 10.5 Å². The van der Waals surface area contributed by atoms with Crippen molar-refractivity contribution >= 4 is 29.1 Å². The molecule has 2 aromatic heterocycles. The number of urea groups is 1.